The molecule has 2 aromatic rings. The molecule has 0 fully saturated rings. The van der Waals surface area contributed by atoms with E-state index < -0.39 is 0 Å². The molecule has 0 unspecified atom stereocenters. The van der Waals surface area contributed by atoms with Crippen molar-refractivity contribution < 1.29 is 9.47 Å². The molecular weight excluding hydrogens is 418 g/mol. The van der Waals surface area contributed by atoms with Crippen LogP contribution in [0.15, 0.2) is 39.3 Å². The van der Waals surface area contributed by atoms with E-state index in [1.54, 1.807) is 7.11 Å². The molecule has 2 N–H and O–H groups in total. The lowest BCUT2D eigenvalue weighted by Crippen LogP contribution is -2.10. The topological polar surface area (TPSA) is 44.5 Å². The van der Waals surface area contributed by atoms with Crippen LogP contribution < -0.4 is 15.2 Å². The van der Waals surface area contributed by atoms with E-state index in [1.807, 2.05) is 37.3 Å². The minimum atomic E-state index is 0.382. The third-order valence-corrected chi connectivity index (χ3v) is 4.36. The van der Waals surface area contributed by atoms with Gasteiger partial charge in [-0.3, -0.25) is 0 Å². The zero-order valence-electron chi connectivity index (χ0n) is 11.4. The summed E-state index contributed by atoms with van der Waals surface area (Å²) in [6.07, 6.45) is 0. The second-order valence-electron chi connectivity index (χ2n) is 4.36. The molecule has 0 saturated carbocycles. The Balaban J connectivity index is 2.32. The van der Waals surface area contributed by atoms with Gasteiger partial charge in [0.2, 0.25) is 0 Å². The summed E-state index contributed by atoms with van der Waals surface area (Å²) in [5, 5.41) is 0. The second kappa shape index (κ2) is 6.77. The molecule has 0 atom stereocenters. The largest absolute Gasteiger partial charge is 0.496 e. The van der Waals surface area contributed by atoms with Crippen LogP contribution in [0.2, 0.25) is 0 Å². The first-order chi connectivity index (χ1) is 9.92. The summed E-state index contributed by atoms with van der Waals surface area (Å²) in [6.45, 7) is 1.94. The number of hydrogen-bond acceptors (Lipinski definition) is 3. The monoisotopic (exact) mass is 429 g/mol. The summed E-state index contributed by atoms with van der Waals surface area (Å²) in [6, 6.07) is 9.29. The van der Waals surface area contributed by atoms with Gasteiger partial charge >= 0.3 is 0 Å². The Labute approximate surface area is 145 Å². The molecule has 0 radical (unpaired) electrons. The molecule has 0 amide bonds. The van der Waals surface area contributed by atoms with Gasteiger partial charge < -0.3 is 15.2 Å². The van der Waals surface area contributed by atoms with Crippen LogP contribution >= 0.6 is 44.1 Å². The van der Waals surface area contributed by atoms with Crippen LogP contribution in [0.1, 0.15) is 11.1 Å². The number of hydrogen-bond donors (Lipinski definition) is 1. The molecule has 0 saturated heterocycles. The van der Waals surface area contributed by atoms with Gasteiger partial charge in [-0.1, -0.05) is 12.2 Å². The quantitative estimate of drug-likeness (QED) is 0.696. The molecule has 0 aliphatic carbocycles. The Morgan fingerprint density at radius 3 is 2.29 bits per heavy atom. The maximum atomic E-state index is 5.89. The number of thiocarbonyl (C=S) groups is 1. The van der Waals surface area contributed by atoms with E-state index in [1.165, 1.54) is 0 Å². The van der Waals surface area contributed by atoms with Gasteiger partial charge in [-0.05, 0) is 74.7 Å². The molecule has 2 rings (SSSR count). The summed E-state index contributed by atoms with van der Waals surface area (Å²) >= 11 is 11.9. The third kappa shape index (κ3) is 3.75. The first-order valence-corrected chi connectivity index (χ1v) is 8.03. The van der Waals surface area contributed by atoms with Crippen molar-refractivity contribution in [3.05, 3.63) is 50.4 Å². The minimum Gasteiger partial charge on any atom is -0.496 e. The molecule has 0 heterocycles. The van der Waals surface area contributed by atoms with E-state index in [2.05, 4.69) is 31.9 Å². The van der Waals surface area contributed by atoms with E-state index in [4.69, 9.17) is 27.4 Å². The average molecular weight is 431 g/mol. The van der Waals surface area contributed by atoms with E-state index in [-0.39, 0.29) is 0 Å². The van der Waals surface area contributed by atoms with Crippen LogP contribution in [-0.2, 0) is 0 Å². The number of nitrogens with two attached hydrogens (primary N) is 1. The molecule has 2 aromatic carbocycles. The van der Waals surface area contributed by atoms with E-state index in [9.17, 15) is 0 Å². The van der Waals surface area contributed by atoms with Gasteiger partial charge in [0.15, 0.2) is 0 Å². The molecule has 0 bridgehead atoms. The second-order valence-corrected chi connectivity index (χ2v) is 6.51. The lowest BCUT2D eigenvalue weighted by Gasteiger charge is -2.12. The van der Waals surface area contributed by atoms with Crippen LogP contribution in [0.25, 0.3) is 0 Å². The minimum absolute atomic E-state index is 0.382. The van der Waals surface area contributed by atoms with Gasteiger partial charge in [0.25, 0.3) is 0 Å². The first-order valence-electron chi connectivity index (χ1n) is 6.03. The van der Waals surface area contributed by atoms with E-state index in [0.717, 1.165) is 25.8 Å². The van der Waals surface area contributed by atoms with Gasteiger partial charge in [0.05, 0.1) is 16.1 Å². The van der Waals surface area contributed by atoms with Crippen molar-refractivity contribution in [2.24, 2.45) is 5.73 Å². The Morgan fingerprint density at radius 2 is 1.71 bits per heavy atom. The smallest absolute Gasteiger partial charge is 0.143 e. The Kier molecular flexibility index (Phi) is 5.24. The Hall–Kier alpha value is -1.11. The highest BCUT2D eigenvalue weighted by Crippen LogP contribution is 2.38. The average Bonchev–Trinajstić information content (AvgIpc) is 2.42. The highest BCUT2D eigenvalue weighted by molar-refractivity contribution is 9.11. The van der Waals surface area contributed by atoms with Crippen LogP contribution in [0, 0.1) is 6.92 Å². The molecule has 0 spiro atoms. The highest BCUT2D eigenvalue weighted by atomic mass is 79.9. The maximum Gasteiger partial charge on any atom is 0.143 e. The number of rotatable bonds is 4. The molecule has 0 aromatic heterocycles. The van der Waals surface area contributed by atoms with Crippen molar-refractivity contribution in [2.45, 2.75) is 6.92 Å². The third-order valence-electron chi connectivity index (χ3n) is 2.90. The number of halogens is 2. The molecule has 0 aliphatic rings. The van der Waals surface area contributed by atoms with Crippen LogP contribution in [0.3, 0.4) is 0 Å². The molecule has 21 heavy (non-hydrogen) atoms. The van der Waals surface area contributed by atoms with Crippen molar-refractivity contribution >= 4 is 49.1 Å². The number of benzene rings is 2. The van der Waals surface area contributed by atoms with Crippen LogP contribution in [-0.4, -0.2) is 12.1 Å². The van der Waals surface area contributed by atoms with Crippen molar-refractivity contribution in [1.29, 1.82) is 0 Å². The van der Waals surface area contributed by atoms with Gasteiger partial charge in [0, 0.05) is 5.56 Å². The predicted octanol–water partition coefficient (Wildman–Crippen LogP) is 4.96. The standard InChI is InChI=1S/C15H13Br2NO2S/c1-8-5-9(3-4-10(8)15(18)21)20-14-7-11(16)13(19-2)6-12(14)17/h3-7H,1-2H3,(H2,18,21). The van der Waals surface area contributed by atoms with Crippen LogP contribution in [0.5, 0.6) is 17.2 Å². The lowest BCUT2D eigenvalue weighted by molar-refractivity contribution is 0.409. The summed E-state index contributed by atoms with van der Waals surface area (Å²) < 4.78 is 12.7. The summed E-state index contributed by atoms with van der Waals surface area (Å²) in [5.74, 6) is 2.13. The predicted molar refractivity (Wildman–Crippen MR) is 95.5 cm³/mol. The van der Waals surface area contributed by atoms with Gasteiger partial charge in [-0.15, -0.1) is 0 Å². The van der Waals surface area contributed by atoms with E-state index >= 15 is 0 Å². The zero-order chi connectivity index (χ0) is 15.6. The zero-order valence-corrected chi connectivity index (χ0v) is 15.4. The fourth-order valence-electron chi connectivity index (χ4n) is 1.85. The molecule has 3 nitrogen and oxygen atoms in total. The molecule has 0 aliphatic heterocycles. The van der Waals surface area contributed by atoms with Crippen molar-refractivity contribution in [2.75, 3.05) is 7.11 Å². The molecule has 6 heteroatoms. The number of methoxy groups -OCH3 is 1. The highest BCUT2D eigenvalue weighted by Gasteiger charge is 2.10. The van der Waals surface area contributed by atoms with Gasteiger partial charge in [0.1, 0.15) is 22.2 Å². The Bertz CT molecular complexity index is 704. The summed E-state index contributed by atoms with van der Waals surface area (Å²) in [5.41, 5.74) is 7.49. The van der Waals surface area contributed by atoms with Crippen molar-refractivity contribution in [3.63, 3.8) is 0 Å². The summed E-state index contributed by atoms with van der Waals surface area (Å²) in [4.78, 5) is 0.382. The molecular formula is C15H13Br2NO2S. The van der Waals surface area contributed by atoms with E-state index in [0.29, 0.717) is 16.5 Å². The normalized spacial score (nSPS) is 10.3. The van der Waals surface area contributed by atoms with Gasteiger partial charge in [-0.25, -0.2) is 0 Å². The van der Waals surface area contributed by atoms with Crippen molar-refractivity contribution in [1.82, 2.24) is 0 Å². The SMILES string of the molecule is COc1cc(Br)c(Oc2ccc(C(N)=S)c(C)c2)cc1Br. The summed E-state index contributed by atoms with van der Waals surface area (Å²) in [7, 11) is 1.62. The fourth-order valence-corrected chi connectivity index (χ4v) is 2.96. The van der Waals surface area contributed by atoms with Gasteiger partial charge in [-0.2, -0.15) is 0 Å². The first kappa shape index (κ1) is 16.3. The number of aryl methyl sites for hydroxylation is 1. The Morgan fingerprint density at radius 1 is 1.10 bits per heavy atom. The fraction of sp³-hybridized carbons (Fsp3) is 0.133. The maximum absolute atomic E-state index is 5.89. The number of ether oxygens (including phenoxy) is 2. The lowest BCUT2D eigenvalue weighted by atomic mass is 10.1. The molecule has 110 valence electrons. The van der Waals surface area contributed by atoms with Crippen LogP contribution in [0.4, 0.5) is 0 Å². The van der Waals surface area contributed by atoms with Crippen molar-refractivity contribution in [3.8, 4) is 17.2 Å².